The third-order valence-electron chi connectivity index (χ3n) is 9.26. The quantitative estimate of drug-likeness (QED) is 0.272. The van der Waals surface area contributed by atoms with Crippen molar-refractivity contribution in [1.29, 1.82) is 0 Å². The van der Waals surface area contributed by atoms with Gasteiger partial charge >= 0.3 is 0 Å². The Morgan fingerprint density at radius 3 is 1.76 bits per heavy atom. The van der Waals surface area contributed by atoms with Crippen molar-refractivity contribution in [3.05, 3.63) is 94.8 Å². The molecule has 0 bridgehead atoms. The van der Waals surface area contributed by atoms with E-state index in [0.29, 0.717) is 87.6 Å². The molecule has 11 nitrogen and oxygen atoms in total. The number of nitrogen functional groups attached to an aromatic ring is 2. The topological polar surface area (TPSA) is 146 Å². The summed E-state index contributed by atoms with van der Waals surface area (Å²) in [5, 5.41) is 0. The Kier molecular flexibility index (Phi) is 10.3. The average molecular weight is 673 g/mol. The maximum Gasteiger partial charge on any atom is 0.222 e. The molecule has 5 heterocycles. The molecule has 13 heteroatoms. The number of carbonyl (C=O) groups excluding carboxylic acids is 1. The van der Waals surface area contributed by atoms with E-state index in [0.717, 1.165) is 11.4 Å². The second-order valence-electron chi connectivity index (χ2n) is 12.6. The summed E-state index contributed by atoms with van der Waals surface area (Å²) < 4.78 is 40.7. The summed E-state index contributed by atoms with van der Waals surface area (Å²) in [6, 6.07) is 16.9. The first-order chi connectivity index (χ1) is 23.6. The Bertz CT molecular complexity index is 1750. The molecular weight excluding hydrogens is 630 g/mol. The van der Waals surface area contributed by atoms with Gasteiger partial charge in [-0.3, -0.25) is 4.79 Å². The number of hydrogen-bond donors (Lipinski definition) is 2. The van der Waals surface area contributed by atoms with E-state index in [2.05, 4.69) is 24.8 Å². The minimum Gasteiger partial charge on any atom is -0.368 e. The lowest BCUT2D eigenvalue weighted by Gasteiger charge is -2.31. The van der Waals surface area contributed by atoms with E-state index in [9.17, 15) is 13.6 Å². The lowest BCUT2D eigenvalue weighted by atomic mass is 9.98. The highest BCUT2D eigenvalue weighted by atomic mass is 19.1. The molecule has 4 aromatic rings. The van der Waals surface area contributed by atoms with Gasteiger partial charge in [-0.1, -0.05) is 36.4 Å². The molecule has 0 saturated carbocycles. The highest BCUT2D eigenvalue weighted by Gasteiger charge is 2.42. The lowest BCUT2D eigenvalue weighted by molar-refractivity contribution is -0.163. The zero-order valence-corrected chi connectivity index (χ0v) is 27.8. The van der Waals surface area contributed by atoms with Gasteiger partial charge in [0, 0.05) is 73.4 Å². The van der Waals surface area contributed by atoms with Crippen LogP contribution in [0.25, 0.3) is 0 Å². The number of aromatic nitrogens is 4. The minimum atomic E-state index is -0.578. The fourth-order valence-electron chi connectivity index (χ4n) is 6.98. The lowest BCUT2D eigenvalue weighted by Crippen LogP contribution is -2.33. The van der Waals surface area contributed by atoms with Crippen LogP contribution in [-0.2, 0) is 14.3 Å². The van der Waals surface area contributed by atoms with Crippen LogP contribution in [0, 0.1) is 25.5 Å². The van der Waals surface area contributed by atoms with Gasteiger partial charge in [-0.15, -0.1) is 0 Å². The van der Waals surface area contributed by atoms with Crippen LogP contribution in [0.15, 0.2) is 60.7 Å². The fraction of sp³-hybridized carbons (Fsp3) is 0.417. The summed E-state index contributed by atoms with van der Waals surface area (Å²) >= 11 is 0. The summed E-state index contributed by atoms with van der Waals surface area (Å²) in [6.45, 7) is 6.04. The molecule has 3 saturated heterocycles. The van der Waals surface area contributed by atoms with Crippen molar-refractivity contribution in [3.63, 3.8) is 0 Å². The van der Waals surface area contributed by atoms with Crippen molar-refractivity contribution < 1.29 is 23.0 Å². The van der Waals surface area contributed by atoms with E-state index in [4.69, 9.17) is 20.9 Å². The fourth-order valence-corrected chi connectivity index (χ4v) is 6.98. The van der Waals surface area contributed by atoms with Crippen molar-refractivity contribution in [2.45, 2.75) is 70.2 Å². The Morgan fingerprint density at radius 2 is 1.22 bits per heavy atom. The van der Waals surface area contributed by atoms with Crippen molar-refractivity contribution in [2.24, 2.45) is 0 Å². The molecule has 2 aromatic carbocycles. The van der Waals surface area contributed by atoms with Crippen molar-refractivity contribution in [3.8, 4) is 0 Å². The molecule has 3 fully saturated rings. The summed E-state index contributed by atoms with van der Waals surface area (Å²) in [5.74, 6) is 0.874. The van der Waals surface area contributed by atoms with Gasteiger partial charge in [-0.05, 0) is 38.8 Å². The van der Waals surface area contributed by atoms with Gasteiger partial charge in [0.1, 0.15) is 29.1 Å². The van der Waals surface area contributed by atoms with E-state index in [-0.39, 0.29) is 41.4 Å². The van der Waals surface area contributed by atoms with E-state index < -0.39 is 5.79 Å². The smallest absolute Gasteiger partial charge is 0.222 e. The zero-order chi connectivity index (χ0) is 34.5. The van der Waals surface area contributed by atoms with E-state index in [1.807, 2.05) is 49.1 Å². The maximum atomic E-state index is 14.6. The Balaban J connectivity index is 0.000000171. The Morgan fingerprint density at radius 1 is 0.714 bits per heavy atom. The van der Waals surface area contributed by atoms with Gasteiger partial charge in [0.25, 0.3) is 0 Å². The van der Waals surface area contributed by atoms with Crippen LogP contribution < -0.4 is 21.3 Å². The van der Waals surface area contributed by atoms with Gasteiger partial charge in [0.05, 0.1) is 25.3 Å². The Hall–Kier alpha value is -4.75. The first kappa shape index (κ1) is 34.1. The second-order valence-corrected chi connectivity index (χ2v) is 12.6. The van der Waals surface area contributed by atoms with E-state index in [1.54, 1.807) is 18.2 Å². The van der Waals surface area contributed by atoms with Gasteiger partial charge < -0.3 is 30.7 Å². The van der Waals surface area contributed by atoms with Crippen LogP contribution >= 0.6 is 0 Å². The van der Waals surface area contributed by atoms with Gasteiger partial charge in [0.15, 0.2) is 5.79 Å². The SMILES string of the molecule is Cc1cc(N2CCC(=O)CCC2c2ccccc2F)nc(N)n1.Cc1cc(N2CCC3(CCC2c2ccccc2F)OCCO3)nc(N)n1. The van der Waals surface area contributed by atoms with Crippen LogP contribution in [0.5, 0.6) is 0 Å². The van der Waals surface area contributed by atoms with Crippen LogP contribution in [0.3, 0.4) is 0 Å². The number of aryl methyl sites for hydroxylation is 2. The molecular formula is C36H42F2N8O3. The number of carbonyl (C=O) groups is 1. The number of benzene rings is 2. The van der Waals surface area contributed by atoms with Crippen LogP contribution in [0.1, 0.15) is 73.1 Å². The zero-order valence-electron chi connectivity index (χ0n) is 27.8. The number of Topliss-reactive ketones (excluding diaryl/α,β-unsaturated/α-hetero) is 1. The molecule has 2 unspecified atom stereocenters. The number of rotatable bonds is 4. The molecule has 7 rings (SSSR count). The number of nitrogens with two attached hydrogens (primary N) is 2. The molecule has 2 aromatic heterocycles. The number of nitrogens with zero attached hydrogens (tertiary/aromatic N) is 6. The molecule has 4 N–H and O–H groups in total. The van der Waals surface area contributed by atoms with Gasteiger partial charge in [-0.25, -0.2) is 18.7 Å². The first-order valence-corrected chi connectivity index (χ1v) is 16.6. The molecule has 3 aliphatic heterocycles. The predicted octanol–water partition coefficient (Wildman–Crippen LogP) is 5.79. The van der Waals surface area contributed by atoms with Gasteiger partial charge in [-0.2, -0.15) is 9.97 Å². The normalized spacial score (nSPS) is 20.8. The van der Waals surface area contributed by atoms with Crippen molar-refractivity contribution in [2.75, 3.05) is 47.6 Å². The van der Waals surface area contributed by atoms with E-state index >= 15 is 0 Å². The summed E-state index contributed by atoms with van der Waals surface area (Å²) in [7, 11) is 0. The highest BCUT2D eigenvalue weighted by Crippen LogP contribution is 2.41. The molecule has 0 amide bonds. The largest absolute Gasteiger partial charge is 0.368 e. The molecule has 1 spiro atoms. The third kappa shape index (κ3) is 7.94. The van der Waals surface area contributed by atoms with Crippen molar-refractivity contribution >= 4 is 29.3 Å². The molecule has 49 heavy (non-hydrogen) atoms. The highest BCUT2D eigenvalue weighted by molar-refractivity contribution is 5.79. The first-order valence-electron chi connectivity index (χ1n) is 16.6. The average Bonchev–Trinajstić information content (AvgIpc) is 3.33. The van der Waals surface area contributed by atoms with Crippen LogP contribution in [-0.4, -0.2) is 57.8 Å². The summed E-state index contributed by atoms with van der Waals surface area (Å²) in [6.07, 6.45) is 3.53. The Labute approximate surface area is 284 Å². The minimum absolute atomic E-state index is 0.169. The molecule has 3 aliphatic rings. The molecule has 258 valence electrons. The molecule has 0 radical (unpaired) electrons. The number of ether oxygens (including phenoxy) is 2. The standard InChI is InChI=1S/C19H23FN4O2.C17H19FN4O/c1-13-12-17(23-18(21)22-13)24-9-8-19(25-10-11-26-19)7-6-16(24)14-4-2-3-5-15(14)20;1-11-10-16(21-17(19)20-11)22-9-8-12(23)6-7-15(22)13-4-2-3-5-14(13)18/h2-5,12,16H,6-11H2,1H3,(H2,21,22,23);2-5,10,15H,6-9H2,1H3,(H2,19,20,21). The third-order valence-corrected chi connectivity index (χ3v) is 9.26. The summed E-state index contributed by atoms with van der Waals surface area (Å²) in [4.78, 5) is 32.9. The van der Waals surface area contributed by atoms with Crippen molar-refractivity contribution in [1.82, 2.24) is 19.9 Å². The summed E-state index contributed by atoms with van der Waals surface area (Å²) in [5.41, 5.74) is 14.4. The number of halogens is 2. The molecule has 0 aliphatic carbocycles. The van der Waals surface area contributed by atoms with Crippen LogP contribution in [0.2, 0.25) is 0 Å². The van der Waals surface area contributed by atoms with Crippen LogP contribution in [0.4, 0.5) is 32.3 Å². The maximum absolute atomic E-state index is 14.6. The molecule has 2 atom stereocenters. The number of ketones is 1. The monoisotopic (exact) mass is 672 g/mol. The van der Waals surface area contributed by atoms with Gasteiger partial charge in [0.2, 0.25) is 11.9 Å². The second kappa shape index (κ2) is 14.8. The number of hydrogen-bond acceptors (Lipinski definition) is 11. The predicted molar refractivity (Wildman–Crippen MR) is 183 cm³/mol. The van der Waals surface area contributed by atoms with E-state index in [1.165, 1.54) is 12.1 Å². The number of anilines is 4.